The van der Waals surface area contributed by atoms with E-state index in [2.05, 4.69) is 43.5 Å². The van der Waals surface area contributed by atoms with Gasteiger partial charge in [-0.25, -0.2) is 4.57 Å². The van der Waals surface area contributed by atoms with Crippen molar-refractivity contribution in [2.24, 2.45) is 0 Å². The van der Waals surface area contributed by atoms with Crippen molar-refractivity contribution in [3.63, 3.8) is 0 Å². The van der Waals surface area contributed by atoms with Crippen LogP contribution in [0.5, 0.6) is 0 Å². The maximum Gasteiger partial charge on any atom is 0.472 e. The lowest BCUT2D eigenvalue weighted by Crippen LogP contribution is -2.27. The Morgan fingerprint density at radius 1 is 0.738 bits per heavy atom. The first-order chi connectivity index (χ1) is 20.3. The van der Waals surface area contributed by atoms with Crippen LogP contribution in [0.1, 0.15) is 136 Å². The van der Waals surface area contributed by atoms with Gasteiger partial charge in [0.15, 0.2) is 0 Å². The molecule has 9 nitrogen and oxygen atoms in total. The molecule has 42 heavy (non-hydrogen) atoms. The van der Waals surface area contributed by atoms with Gasteiger partial charge in [-0.15, -0.1) is 0 Å². The Balaban J connectivity index is 3.66. The predicted octanol–water partition coefficient (Wildman–Crippen LogP) is 7.70. The molecule has 0 fully saturated rings. The number of nitrogens with one attached hydrogen (secondary N) is 1. The van der Waals surface area contributed by atoms with Gasteiger partial charge in [0.1, 0.15) is 12.7 Å². The second-order valence-corrected chi connectivity index (χ2v) is 12.2. The standard InChI is InChI=1S/C32H60NO8P/c1-3-5-7-9-10-11-12-13-14-15-16-17-18-19-21-23-25-32(36)39-28-30(34)29-41-42(37,38)40-27-26-33-31(35)24-22-20-8-6-4-2/h11-12,14-15,30,34H,3-10,13,16-29H2,1-2H3,(H,33,35)(H,37,38)/b12-11-,15-14-. The molecular weight excluding hydrogens is 557 g/mol. The Kier molecular flexibility index (Phi) is 28.5. The molecule has 0 radical (unpaired) electrons. The molecule has 2 atom stereocenters. The molecule has 2 unspecified atom stereocenters. The average Bonchev–Trinajstić information content (AvgIpc) is 2.97. The van der Waals surface area contributed by atoms with Gasteiger partial charge in [-0.05, 0) is 44.9 Å². The third-order valence-electron chi connectivity index (χ3n) is 6.63. The van der Waals surface area contributed by atoms with Crippen LogP contribution in [0.3, 0.4) is 0 Å². The first kappa shape index (κ1) is 40.5. The van der Waals surface area contributed by atoms with Crippen LogP contribution in [0, 0.1) is 0 Å². The van der Waals surface area contributed by atoms with E-state index in [1.54, 1.807) is 0 Å². The number of carbonyl (C=O) groups excluding carboxylic acids is 2. The van der Waals surface area contributed by atoms with E-state index in [0.29, 0.717) is 6.42 Å². The van der Waals surface area contributed by atoms with E-state index in [9.17, 15) is 24.2 Å². The van der Waals surface area contributed by atoms with E-state index in [0.717, 1.165) is 77.0 Å². The van der Waals surface area contributed by atoms with Crippen LogP contribution >= 0.6 is 7.82 Å². The molecule has 0 aliphatic heterocycles. The number of esters is 1. The van der Waals surface area contributed by atoms with E-state index in [1.807, 2.05) is 0 Å². The molecule has 0 spiro atoms. The molecule has 0 aliphatic carbocycles. The zero-order chi connectivity index (χ0) is 31.2. The van der Waals surface area contributed by atoms with Gasteiger partial charge in [-0.3, -0.25) is 18.6 Å². The number of ether oxygens (including phenoxy) is 1. The van der Waals surface area contributed by atoms with Crippen LogP contribution in [-0.2, 0) is 27.9 Å². The van der Waals surface area contributed by atoms with E-state index in [4.69, 9.17) is 13.8 Å². The summed E-state index contributed by atoms with van der Waals surface area (Å²) >= 11 is 0. The van der Waals surface area contributed by atoms with E-state index in [-0.39, 0.29) is 32.1 Å². The molecule has 0 rings (SSSR count). The Labute approximate surface area is 255 Å². The van der Waals surface area contributed by atoms with Crippen molar-refractivity contribution in [3.8, 4) is 0 Å². The summed E-state index contributed by atoms with van der Waals surface area (Å²) in [5.41, 5.74) is 0. The van der Waals surface area contributed by atoms with Crippen molar-refractivity contribution in [1.29, 1.82) is 0 Å². The van der Waals surface area contributed by atoms with Crippen molar-refractivity contribution < 1.29 is 37.9 Å². The second-order valence-electron chi connectivity index (χ2n) is 10.8. The quantitative estimate of drug-likeness (QED) is 0.0323. The van der Waals surface area contributed by atoms with Gasteiger partial charge in [-0.2, -0.15) is 0 Å². The van der Waals surface area contributed by atoms with Crippen LogP contribution in [0.2, 0.25) is 0 Å². The Hall–Kier alpha value is -1.51. The maximum atomic E-state index is 11.9. The van der Waals surface area contributed by atoms with Crippen molar-refractivity contribution >= 4 is 19.7 Å². The van der Waals surface area contributed by atoms with Crippen molar-refractivity contribution in [2.75, 3.05) is 26.4 Å². The molecule has 10 heteroatoms. The summed E-state index contributed by atoms with van der Waals surface area (Å²) in [6.07, 6.45) is 27.1. The minimum Gasteiger partial charge on any atom is -0.463 e. The number of allylic oxidation sites excluding steroid dienone is 4. The molecular formula is C32H60NO8P. The summed E-state index contributed by atoms with van der Waals surface area (Å²) in [5, 5.41) is 12.5. The van der Waals surface area contributed by atoms with Gasteiger partial charge < -0.3 is 20.1 Å². The number of carbonyl (C=O) groups is 2. The van der Waals surface area contributed by atoms with Gasteiger partial charge in [0.25, 0.3) is 0 Å². The monoisotopic (exact) mass is 617 g/mol. The molecule has 0 aromatic heterocycles. The van der Waals surface area contributed by atoms with E-state index < -0.39 is 26.5 Å². The van der Waals surface area contributed by atoms with Crippen LogP contribution in [0.4, 0.5) is 0 Å². The number of rotatable bonds is 30. The third-order valence-corrected chi connectivity index (χ3v) is 7.62. The number of aliphatic hydroxyl groups is 1. The van der Waals surface area contributed by atoms with Gasteiger partial charge in [0.2, 0.25) is 5.91 Å². The Bertz CT molecular complexity index is 759. The molecule has 0 bridgehead atoms. The molecule has 0 aromatic rings. The fraction of sp³-hybridized carbons (Fsp3) is 0.812. The van der Waals surface area contributed by atoms with E-state index in [1.165, 1.54) is 32.1 Å². The van der Waals surface area contributed by atoms with Crippen molar-refractivity contribution in [2.45, 2.75) is 142 Å². The summed E-state index contributed by atoms with van der Waals surface area (Å²) in [4.78, 5) is 33.3. The molecule has 0 heterocycles. The highest BCUT2D eigenvalue weighted by Crippen LogP contribution is 2.42. The minimum atomic E-state index is -4.39. The lowest BCUT2D eigenvalue weighted by molar-refractivity contribution is -0.147. The zero-order valence-corrected chi connectivity index (χ0v) is 27.3. The first-order valence-corrected chi connectivity index (χ1v) is 17.8. The summed E-state index contributed by atoms with van der Waals surface area (Å²) in [6, 6.07) is 0. The lowest BCUT2D eigenvalue weighted by atomic mass is 10.1. The normalized spacial score (nSPS) is 13.9. The predicted molar refractivity (Wildman–Crippen MR) is 169 cm³/mol. The van der Waals surface area contributed by atoms with Gasteiger partial charge in [-0.1, -0.05) is 102 Å². The average molecular weight is 618 g/mol. The number of amides is 1. The van der Waals surface area contributed by atoms with Crippen molar-refractivity contribution in [3.05, 3.63) is 24.3 Å². The number of phosphoric ester groups is 1. The molecule has 0 aliphatic rings. The molecule has 1 amide bonds. The largest absolute Gasteiger partial charge is 0.472 e. The summed E-state index contributed by atoms with van der Waals surface area (Å²) in [6.45, 7) is 3.40. The fourth-order valence-electron chi connectivity index (χ4n) is 4.11. The van der Waals surface area contributed by atoms with Crippen LogP contribution in [-0.4, -0.2) is 54.3 Å². The second kappa shape index (κ2) is 29.6. The highest BCUT2D eigenvalue weighted by Gasteiger charge is 2.23. The summed E-state index contributed by atoms with van der Waals surface area (Å²) in [5.74, 6) is -0.545. The molecule has 0 saturated heterocycles. The highest BCUT2D eigenvalue weighted by molar-refractivity contribution is 7.47. The number of unbranched alkanes of at least 4 members (excludes halogenated alkanes) is 13. The number of aliphatic hydroxyl groups excluding tert-OH is 1. The minimum absolute atomic E-state index is 0.0795. The molecule has 0 aromatic carbocycles. The van der Waals surface area contributed by atoms with Crippen LogP contribution in [0.15, 0.2) is 24.3 Å². The lowest BCUT2D eigenvalue weighted by Gasteiger charge is -2.15. The number of phosphoric acid groups is 1. The van der Waals surface area contributed by atoms with Crippen molar-refractivity contribution in [1.82, 2.24) is 5.32 Å². The molecule has 246 valence electrons. The maximum absolute atomic E-state index is 11.9. The van der Waals surface area contributed by atoms with Crippen LogP contribution < -0.4 is 5.32 Å². The fourth-order valence-corrected chi connectivity index (χ4v) is 4.87. The first-order valence-electron chi connectivity index (χ1n) is 16.3. The summed E-state index contributed by atoms with van der Waals surface area (Å²) in [7, 11) is -4.39. The Morgan fingerprint density at radius 2 is 1.29 bits per heavy atom. The number of hydrogen-bond donors (Lipinski definition) is 3. The van der Waals surface area contributed by atoms with Crippen LogP contribution in [0.25, 0.3) is 0 Å². The van der Waals surface area contributed by atoms with Gasteiger partial charge in [0.05, 0.1) is 13.2 Å². The third kappa shape index (κ3) is 30.0. The highest BCUT2D eigenvalue weighted by atomic mass is 31.2. The smallest absolute Gasteiger partial charge is 0.463 e. The zero-order valence-electron chi connectivity index (χ0n) is 26.4. The molecule has 3 N–H and O–H groups in total. The van der Waals surface area contributed by atoms with Gasteiger partial charge >= 0.3 is 13.8 Å². The van der Waals surface area contributed by atoms with Gasteiger partial charge in [0, 0.05) is 19.4 Å². The van der Waals surface area contributed by atoms with E-state index >= 15 is 0 Å². The Morgan fingerprint density at radius 3 is 1.93 bits per heavy atom. The summed E-state index contributed by atoms with van der Waals surface area (Å²) < 4.78 is 26.5. The topological polar surface area (TPSA) is 131 Å². The SMILES string of the molecule is CCCCCC/C=C\C/C=C\CCCCCCCC(=O)OCC(O)COP(=O)(O)OCCNC(=O)CCCCCCC. The molecule has 0 saturated carbocycles. The number of hydrogen-bond acceptors (Lipinski definition) is 7.